The molecule has 5 nitrogen and oxygen atoms in total. The second-order valence-corrected chi connectivity index (χ2v) is 6.50. The van der Waals surface area contributed by atoms with Crippen molar-refractivity contribution in [3.8, 4) is 6.07 Å². The standard InChI is InChI=1S/C21H20FN3O2/c22-19-6-2-3-16(14-19)7-8-20(26)24-9-11-25(12-10-24)21(27)18-5-1-4-17(13-18)15-23/h1-6,13-14H,7-12H2. The van der Waals surface area contributed by atoms with Crippen LogP contribution in [0.2, 0.25) is 0 Å². The van der Waals surface area contributed by atoms with Gasteiger partial charge in [0.05, 0.1) is 11.6 Å². The third-order valence-corrected chi connectivity index (χ3v) is 4.67. The lowest BCUT2D eigenvalue weighted by atomic mass is 10.1. The van der Waals surface area contributed by atoms with Gasteiger partial charge in [-0.2, -0.15) is 5.26 Å². The lowest BCUT2D eigenvalue weighted by Gasteiger charge is -2.35. The van der Waals surface area contributed by atoms with Gasteiger partial charge in [-0.25, -0.2) is 4.39 Å². The molecule has 1 saturated heterocycles. The molecule has 0 aromatic heterocycles. The number of nitrogens with zero attached hydrogens (tertiary/aromatic N) is 3. The Labute approximate surface area is 157 Å². The molecule has 1 fully saturated rings. The molecule has 0 spiro atoms. The number of halogens is 1. The van der Waals surface area contributed by atoms with E-state index < -0.39 is 0 Å². The molecule has 0 radical (unpaired) electrons. The Morgan fingerprint density at radius 3 is 2.41 bits per heavy atom. The van der Waals surface area contributed by atoms with Crippen molar-refractivity contribution in [3.63, 3.8) is 0 Å². The molecule has 2 amide bonds. The van der Waals surface area contributed by atoms with E-state index in [-0.39, 0.29) is 17.6 Å². The molecular formula is C21H20FN3O2. The van der Waals surface area contributed by atoms with Gasteiger partial charge in [-0.05, 0) is 42.3 Å². The van der Waals surface area contributed by atoms with Crippen molar-refractivity contribution in [1.82, 2.24) is 9.80 Å². The van der Waals surface area contributed by atoms with Crippen molar-refractivity contribution >= 4 is 11.8 Å². The van der Waals surface area contributed by atoms with Crippen molar-refractivity contribution in [2.75, 3.05) is 26.2 Å². The van der Waals surface area contributed by atoms with Crippen LogP contribution in [0, 0.1) is 17.1 Å². The van der Waals surface area contributed by atoms with Gasteiger partial charge in [-0.15, -0.1) is 0 Å². The minimum atomic E-state index is -0.299. The van der Waals surface area contributed by atoms with Crippen LogP contribution in [-0.4, -0.2) is 47.8 Å². The molecule has 138 valence electrons. The zero-order chi connectivity index (χ0) is 19.2. The summed E-state index contributed by atoms with van der Waals surface area (Å²) >= 11 is 0. The van der Waals surface area contributed by atoms with Gasteiger partial charge in [-0.1, -0.05) is 18.2 Å². The molecule has 0 atom stereocenters. The molecule has 1 aliphatic rings. The van der Waals surface area contributed by atoms with Crippen LogP contribution in [0.5, 0.6) is 0 Å². The van der Waals surface area contributed by atoms with Crippen molar-refractivity contribution in [3.05, 3.63) is 71.0 Å². The normalized spacial score (nSPS) is 13.9. The number of piperazine rings is 1. The van der Waals surface area contributed by atoms with Crippen molar-refractivity contribution in [2.45, 2.75) is 12.8 Å². The fraction of sp³-hybridized carbons (Fsp3) is 0.286. The van der Waals surface area contributed by atoms with E-state index in [9.17, 15) is 14.0 Å². The monoisotopic (exact) mass is 365 g/mol. The van der Waals surface area contributed by atoms with Gasteiger partial charge in [0.25, 0.3) is 5.91 Å². The zero-order valence-corrected chi connectivity index (χ0v) is 14.9. The highest BCUT2D eigenvalue weighted by Gasteiger charge is 2.24. The van der Waals surface area contributed by atoms with Crippen LogP contribution >= 0.6 is 0 Å². The summed E-state index contributed by atoms with van der Waals surface area (Å²) in [5, 5.41) is 8.96. The van der Waals surface area contributed by atoms with Gasteiger partial charge in [0.2, 0.25) is 5.91 Å². The number of hydrogen-bond acceptors (Lipinski definition) is 3. The Kier molecular flexibility index (Phi) is 5.82. The van der Waals surface area contributed by atoms with Crippen molar-refractivity contribution in [1.29, 1.82) is 5.26 Å². The maximum absolute atomic E-state index is 13.2. The quantitative estimate of drug-likeness (QED) is 0.837. The Bertz CT molecular complexity index is 883. The molecule has 27 heavy (non-hydrogen) atoms. The number of carbonyl (C=O) groups is 2. The number of hydrogen-bond donors (Lipinski definition) is 0. The number of benzene rings is 2. The van der Waals surface area contributed by atoms with E-state index in [0.29, 0.717) is 50.1 Å². The highest BCUT2D eigenvalue weighted by Crippen LogP contribution is 2.13. The first-order chi connectivity index (χ1) is 13.1. The highest BCUT2D eigenvalue weighted by atomic mass is 19.1. The smallest absolute Gasteiger partial charge is 0.254 e. The molecule has 6 heteroatoms. The lowest BCUT2D eigenvalue weighted by Crippen LogP contribution is -2.50. The largest absolute Gasteiger partial charge is 0.339 e. The lowest BCUT2D eigenvalue weighted by molar-refractivity contribution is -0.132. The van der Waals surface area contributed by atoms with Gasteiger partial charge in [0, 0.05) is 38.2 Å². The summed E-state index contributed by atoms with van der Waals surface area (Å²) in [6.45, 7) is 1.87. The van der Waals surface area contributed by atoms with E-state index >= 15 is 0 Å². The molecular weight excluding hydrogens is 345 g/mol. The molecule has 1 aliphatic heterocycles. The topological polar surface area (TPSA) is 64.4 Å². The van der Waals surface area contributed by atoms with Gasteiger partial charge in [-0.3, -0.25) is 9.59 Å². The maximum Gasteiger partial charge on any atom is 0.254 e. The SMILES string of the molecule is N#Cc1cccc(C(=O)N2CCN(C(=O)CCc3cccc(F)c3)CC2)c1. The predicted molar refractivity (Wildman–Crippen MR) is 98.4 cm³/mol. The Hall–Kier alpha value is -3.20. The highest BCUT2D eigenvalue weighted by molar-refractivity contribution is 5.94. The molecule has 2 aromatic rings. The summed E-state index contributed by atoms with van der Waals surface area (Å²) in [5.74, 6) is -0.413. The Morgan fingerprint density at radius 1 is 1.00 bits per heavy atom. The molecule has 0 aliphatic carbocycles. The summed E-state index contributed by atoms with van der Waals surface area (Å²) in [6, 6.07) is 14.9. The first kappa shape index (κ1) is 18.6. The summed E-state index contributed by atoms with van der Waals surface area (Å²) in [5.41, 5.74) is 1.74. The van der Waals surface area contributed by atoms with Crippen LogP contribution in [0.3, 0.4) is 0 Å². The zero-order valence-electron chi connectivity index (χ0n) is 14.9. The molecule has 2 aromatic carbocycles. The summed E-state index contributed by atoms with van der Waals surface area (Å²) in [6.07, 6.45) is 0.818. The van der Waals surface area contributed by atoms with Crippen LogP contribution in [0.25, 0.3) is 0 Å². The van der Waals surface area contributed by atoms with Gasteiger partial charge in [0.15, 0.2) is 0 Å². The predicted octanol–water partition coefficient (Wildman–Crippen LogP) is 2.61. The van der Waals surface area contributed by atoms with E-state index in [1.54, 1.807) is 40.1 Å². The van der Waals surface area contributed by atoms with Gasteiger partial charge >= 0.3 is 0 Å². The van der Waals surface area contributed by atoms with E-state index in [1.807, 2.05) is 12.1 Å². The first-order valence-electron chi connectivity index (χ1n) is 8.88. The second kappa shape index (κ2) is 8.45. The average molecular weight is 365 g/mol. The molecule has 0 unspecified atom stereocenters. The van der Waals surface area contributed by atoms with Crippen LogP contribution in [0.4, 0.5) is 4.39 Å². The van der Waals surface area contributed by atoms with Crippen LogP contribution in [-0.2, 0) is 11.2 Å². The minimum absolute atomic E-state index is 0.0119. The Morgan fingerprint density at radius 2 is 1.70 bits per heavy atom. The number of aryl methyl sites for hydroxylation is 1. The third kappa shape index (κ3) is 4.70. The van der Waals surface area contributed by atoms with Crippen LogP contribution in [0.1, 0.15) is 27.9 Å². The summed E-state index contributed by atoms with van der Waals surface area (Å²) < 4.78 is 13.2. The van der Waals surface area contributed by atoms with E-state index in [2.05, 4.69) is 0 Å². The summed E-state index contributed by atoms with van der Waals surface area (Å²) in [4.78, 5) is 28.4. The van der Waals surface area contributed by atoms with Crippen molar-refractivity contribution < 1.29 is 14.0 Å². The van der Waals surface area contributed by atoms with Crippen LogP contribution in [0.15, 0.2) is 48.5 Å². The Balaban J connectivity index is 1.51. The van der Waals surface area contributed by atoms with E-state index in [4.69, 9.17) is 5.26 Å². The van der Waals surface area contributed by atoms with Crippen LogP contribution < -0.4 is 0 Å². The fourth-order valence-electron chi connectivity index (χ4n) is 3.17. The second-order valence-electron chi connectivity index (χ2n) is 6.50. The molecule has 0 bridgehead atoms. The fourth-order valence-corrected chi connectivity index (χ4v) is 3.17. The van der Waals surface area contributed by atoms with E-state index in [0.717, 1.165) is 5.56 Å². The van der Waals surface area contributed by atoms with E-state index in [1.165, 1.54) is 12.1 Å². The number of carbonyl (C=O) groups excluding carboxylic acids is 2. The van der Waals surface area contributed by atoms with Crippen molar-refractivity contribution in [2.24, 2.45) is 0 Å². The first-order valence-corrected chi connectivity index (χ1v) is 8.88. The average Bonchev–Trinajstić information content (AvgIpc) is 2.71. The summed E-state index contributed by atoms with van der Waals surface area (Å²) in [7, 11) is 0. The number of nitriles is 1. The molecule has 3 rings (SSSR count). The third-order valence-electron chi connectivity index (χ3n) is 4.67. The maximum atomic E-state index is 13.2. The molecule has 0 saturated carbocycles. The molecule has 1 heterocycles. The molecule has 0 N–H and O–H groups in total. The van der Waals surface area contributed by atoms with Gasteiger partial charge < -0.3 is 9.80 Å². The minimum Gasteiger partial charge on any atom is -0.339 e. The number of rotatable bonds is 4. The van der Waals surface area contributed by atoms with Gasteiger partial charge in [0.1, 0.15) is 5.82 Å². The number of amides is 2.